The number of rotatable bonds is 5. The highest BCUT2D eigenvalue weighted by Gasteiger charge is 2.41. The number of anilines is 2. The van der Waals surface area contributed by atoms with Gasteiger partial charge in [-0.25, -0.2) is 9.69 Å². The van der Waals surface area contributed by atoms with Crippen LogP contribution in [0.2, 0.25) is 0 Å². The maximum atomic E-state index is 12.6. The molecule has 2 aromatic carbocycles. The van der Waals surface area contributed by atoms with Crippen molar-refractivity contribution in [3.63, 3.8) is 0 Å². The number of aromatic carboxylic acids is 1. The van der Waals surface area contributed by atoms with Crippen LogP contribution >= 0.6 is 11.8 Å². The summed E-state index contributed by atoms with van der Waals surface area (Å²) in [5.41, 5.74) is 1.13. The van der Waals surface area contributed by atoms with Crippen LogP contribution in [0.1, 0.15) is 22.3 Å². The molecule has 8 nitrogen and oxygen atoms in total. The first kappa shape index (κ1) is 19.4. The van der Waals surface area contributed by atoms with Gasteiger partial charge in [0.05, 0.1) is 16.9 Å². The molecule has 0 spiro atoms. The van der Waals surface area contributed by atoms with E-state index in [1.807, 2.05) is 6.92 Å². The third-order valence-electron chi connectivity index (χ3n) is 4.09. The number of carboxylic acids is 1. The molecule has 1 unspecified atom stereocenters. The van der Waals surface area contributed by atoms with Gasteiger partial charge in [-0.1, -0.05) is 17.7 Å². The summed E-state index contributed by atoms with van der Waals surface area (Å²) < 4.78 is 0. The Kier molecular flexibility index (Phi) is 5.36. The zero-order valence-electron chi connectivity index (χ0n) is 14.7. The van der Waals surface area contributed by atoms with Crippen LogP contribution in [0.4, 0.5) is 16.2 Å². The number of hydrogen-bond acceptors (Lipinski definition) is 6. The van der Waals surface area contributed by atoms with Gasteiger partial charge in [0.25, 0.3) is 5.24 Å². The zero-order valence-corrected chi connectivity index (χ0v) is 15.5. The summed E-state index contributed by atoms with van der Waals surface area (Å²) in [5, 5.41) is 19.6. The lowest BCUT2D eigenvalue weighted by molar-refractivity contribution is -0.121. The van der Waals surface area contributed by atoms with Gasteiger partial charge in [-0.15, -0.1) is 0 Å². The van der Waals surface area contributed by atoms with Crippen LogP contribution in [0.5, 0.6) is 5.75 Å². The molecule has 3 N–H and O–H groups in total. The number of phenolic OH excluding ortho intramolecular Hbond substituents is 1. The fourth-order valence-electron chi connectivity index (χ4n) is 2.70. The minimum Gasteiger partial charge on any atom is -0.508 e. The normalized spacial score (nSPS) is 16.3. The predicted octanol–water partition coefficient (Wildman–Crippen LogP) is 3.00. The van der Waals surface area contributed by atoms with Crippen molar-refractivity contribution < 1.29 is 29.4 Å². The average molecular weight is 400 g/mol. The summed E-state index contributed by atoms with van der Waals surface area (Å²) in [5.74, 6) is -2.69. The smallest absolute Gasteiger partial charge is 0.337 e. The third-order valence-corrected chi connectivity index (χ3v) is 5.13. The van der Waals surface area contributed by atoms with Crippen molar-refractivity contribution in [2.24, 2.45) is 0 Å². The monoisotopic (exact) mass is 400 g/mol. The molecule has 1 aliphatic rings. The van der Waals surface area contributed by atoms with E-state index in [9.17, 15) is 29.4 Å². The van der Waals surface area contributed by atoms with Crippen LogP contribution in [0, 0.1) is 6.92 Å². The number of carbonyl (C=O) groups excluding carboxylic acids is 3. The largest absolute Gasteiger partial charge is 0.508 e. The maximum absolute atomic E-state index is 12.6. The summed E-state index contributed by atoms with van der Waals surface area (Å²) in [6.45, 7) is 1.88. The fraction of sp³-hybridized carbons (Fsp3) is 0.158. The van der Waals surface area contributed by atoms with E-state index in [1.54, 1.807) is 24.3 Å². The number of thioether (sulfide) groups is 1. The Hall–Kier alpha value is -3.33. The molecule has 2 aromatic rings. The Bertz CT molecular complexity index is 973. The van der Waals surface area contributed by atoms with Crippen molar-refractivity contribution in [1.29, 1.82) is 0 Å². The van der Waals surface area contributed by atoms with Crippen molar-refractivity contribution in [3.05, 3.63) is 53.6 Å². The number of benzene rings is 2. The van der Waals surface area contributed by atoms with E-state index in [4.69, 9.17) is 0 Å². The van der Waals surface area contributed by atoms with Gasteiger partial charge in [0.15, 0.2) is 0 Å². The molecule has 28 heavy (non-hydrogen) atoms. The van der Waals surface area contributed by atoms with Gasteiger partial charge in [-0.05, 0) is 49.0 Å². The van der Waals surface area contributed by atoms with Gasteiger partial charge in [0, 0.05) is 6.42 Å². The van der Waals surface area contributed by atoms with Gasteiger partial charge in [-0.3, -0.25) is 14.4 Å². The Morgan fingerprint density at radius 1 is 1.14 bits per heavy atom. The van der Waals surface area contributed by atoms with Crippen molar-refractivity contribution in [2.45, 2.75) is 18.6 Å². The van der Waals surface area contributed by atoms with Crippen molar-refractivity contribution in [1.82, 2.24) is 0 Å². The SMILES string of the molecule is Cc1ccc(N2C(=O)SC(CC(=O)Nc3ccc(O)cc3C(=O)O)C2=O)cc1. The van der Waals surface area contributed by atoms with E-state index < -0.39 is 28.3 Å². The highest BCUT2D eigenvalue weighted by atomic mass is 32.2. The quantitative estimate of drug-likeness (QED) is 0.659. The first-order valence-electron chi connectivity index (χ1n) is 8.23. The van der Waals surface area contributed by atoms with E-state index >= 15 is 0 Å². The highest BCUT2D eigenvalue weighted by molar-refractivity contribution is 8.15. The molecule has 0 radical (unpaired) electrons. The molecule has 3 amide bonds. The number of imide groups is 1. The maximum Gasteiger partial charge on any atom is 0.337 e. The Labute approximate surface area is 164 Å². The first-order chi connectivity index (χ1) is 13.3. The van der Waals surface area contributed by atoms with Gasteiger partial charge in [0.1, 0.15) is 11.0 Å². The number of aromatic hydroxyl groups is 1. The molecular formula is C19H16N2O6S. The molecule has 1 atom stereocenters. The van der Waals surface area contributed by atoms with Crippen molar-refractivity contribution in [3.8, 4) is 5.75 Å². The van der Waals surface area contributed by atoms with Crippen LogP contribution in [-0.2, 0) is 9.59 Å². The number of carbonyl (C=O) groups is 4. The molecule has 1 saturated heterocycles. The second-order valence-corrected chi connectivity index (χ2v) is 7.32. The predicted molar refractivity (Wildman–Crippen MR) is 104 cm³/mol. The lowest BCUT2D eigenvalue weighted by Crippen LogP contribution is -2.33. The standard InChI is InChI=1S/C19H16N2O6S/c1-10-2-4-11(5-3-10)21-17(24)15(28-19(21)27)9-16(23)20-14-7-6-12(22)8-13(14)18(25)26/h2-8,15,22H,9H2,1H3,(H,20,23)(H,25,26). The molecule has 0 aliphatic carbocycles. The summed E-state index contributed by atoms with van der Waals surface area (Å²) in [6.07, 6.45) is -0.294. The number of amides is 3. The van der Waals surface area contributed by atoms with Gasteiger partial charge in [-0.2, -0.15) is 0 Å². The van der Waals surface area contributed by atoms with E-state index in [0.717, 1.165) is 28.3 Å². The van der Waals surface area contributed by atoms with Crippen molar-refractivity contribution in [2.75, 3.05) is 10.2 Å². The van der Waals surface area contributed by atoms with Crippen LogP contribution in [-0.4, -0.2) is 38.5 Å². The molecule has 0 saturated carbocycles. The van der Waals surface area contributed by atoms with Gasteiger partial charge >= 0.3 is 5.97 Å². The number of hydrogen-bond donors (Lipinski definition) is 3. The summed E-state index contributed by atoms with van der Waals surface area (Å²) in [6, 6.07) is 10.4. The average Bonchev–Trinajstić information content (AvgIpc) is 2.90. The van der Waals surface area contributed by atoms with Gasteiger partial charge in [0.2, 0.25) is 11.8 Å². The molecule has 3 rings (SSSR count). The van der Waals surface area contributed by atoms with E-state index in [2.05, 4.69) is 5.32 Å². The second kappa shape index (κ2) is 7.73. The van der Waals surface area contributed by atoms with E-state index in [1.165, 1.54) is 12.1 Å². The number of aryl methyl sites for hydroxylation is 1. The molecular weight excluding hydrogens is 384 g/mol. The molecule has 9 heteroatoms. The van der Waals surface area contributed by atoms with Crippen LogP contribution < -0.4 is 10.2 Å². The zero-order chi connectivity index (χ0) is 20.4. The first-order valence-corrected chi connectivity index (χ1v) is 9.11. The third kappa shape index (κ3) is 3.99. The van der Waals surface area contributed by atoms with Crippen LogP contribution in [0.3, 0.4) is 0 Å². The van der Waals surface area contributed by atoms with Crippen LogP contribution in [0.25, 0.3) is 0 Å². The van der Waals surface area contributed by atoms with E-state index in [0.29, 0.717) is 5.69 Å². The Morgan fingerprint density at radius 3 is 2.46 bits per heavy atom. The highest BCUT2D eigenvalue weighted by Crippen LogP contribution is 2.34. The van der Waals surface area contributed by atoms with E-state index in [-0.39, 0.29) is 23.4 Å². The molecule has 1 fully saturated rings. The number of nitrogens with zero attached hydrogens (tertiary/aromatic N) is 1. The second-order valence-electron chi connectivity index (χ2n) is 6.17. The molecule has 0 aromatic heterocycles. The van der Waals surface area contributed by atoms with Crippen LogP contribution in [0.15, 0.2) is 42.5 Å². The summed E-state index contributed by atoms with van der Waals surface area (Å²) in [4.78, 5) is 49.4. The minimum absolute atomic E-state index is 0.00698. The lowest BCUT2D eigenvalue weighted by Gasteiger charge is -2.14. The van der Waals surface area contributed by atoms with Gasteiger partial charge < -0.3 is 15.5 Å². The fourth-order valence-corrected chi connectivity index (χ4v) is 3.69. The number of nitrogens with one attached hydrogen (secondary N) is 1. The molecule has 0 bridgehead atoms. The Morgan fingerprint density at radius 2 is 1.82 bits per heavy atom. The molecule has 1 heterocycles. The number of carboxylic acid groups (broad SMARTS) is 1. The Balaban J connectivity index is 1.72. The summed E-state index contributed by atoms with van der Waals surface area (Å²) >= 11 is 0.753. The molecule has 144 valence electrons. The lowest BCUT2D eigenvalue weighted by atomic mass is 10.1. The van der Waals surface area contributed by atoms with Crippen molar-refractivity contribution >= 4 is 46.2 Å². The molecule has 1 aliphatic heterocycles. The summed E-state index contributed by atoms with van der Waals surface area (Å²) in [7, 11) is 0. The number of phenols is 1. The topological polar surface area (TPSA) is 124 Å². The minimum atomic E-state index is -1.32.